The summed E-state index contributed by atoms with van der Waals surface area (Å²) in [6.07, 6.45) is 0. The van der Waals surface area contributed by atoms with Crippen molar-refractivity contribution in [2.45, 2.75) is 71.6 Å². The van der Waals surface area contributed by atoms with Gasteiger partial charge in [0.15, 0.2) is 17.5 Å². The molecule has 3 heterocycles. The highest BCUT2D eigenvalue weighted by Gasteiger charge is 2.38. The van der Waals surface area contributed by atoms with Crippen LogP contribution in [0.3, 0.4) is 0 Å². The molecule has 69 heavy (non-hydrogen) atoms. The molecule has 0 unspecified atom stereocenters. The van der Waals surface area contributed by atoms with Crippen LogP contribution in [0, 0.1) is 11.3 Å². The largest absolute Gasteiger partial charge is 0.308 e. The lowest BCUT2D eigenvalue weighted by atomic mass is 9.80. The molecule has 12 rings (SSSR count). The van der Waals surface area contributed by atoms with Gasteiger partial charge in [0.05, 0.1) is 39.0 Å². The van der Waals surface area contributed by atoms with Gasteiger partial charge in [-0.05, 0) is 92.7 Å². The van der Waals surface area contributed by atoms with Crippen LogP contribution in [0.25, 0.3) is 100 Å². The maximum atomic E-state index is 11.4. The summed E-state index contributed by atoms with van der Waals surface area (Å²) in [5.74, 6) is 1.63. The van der Waals surface area contributed by atoms with Crippen molar-refractivity contribution in [3.05, 3.63) is 198 Å². The second-order valence-electron chi connectivity index (χ2n) is 21.2. The average Bonchev–Trinajstić information content (AvgIpc) is 3.95. The molecule has 0 spiro atoms. The van der Waals surface area contributed by atoms with Crippen LogP contribution in [0.1, 0.15) is 83.2 Å². The van der Waals surface area contributed by atoms with Crippen molar-refractivity contribution >= 4 is 43.6 Å². The number of benzene rings is 8. The lowest BCUT2D eigenvalue weighted by Gasteiger charge is -2.24. The maximum absolute atomic E-state index is 11.4. The van der Waals surface area contributed by atoms with E-state index in [0.29, 0.717) is 23.0 Å². The van der Waals surface area contributed by atoms with E-state index in [1.165, 1.54) is 44.2 Å². The van der Waals surface area contributed by atoms with E-state index in [9.17, 15) is 5.26 Å². The van der Waals surface area contributed by atoms with Gasteiger partial charge in [0.25, 0.3) is 0 Å². The van der Waals surface area contributed by atoms with Crippen LogP contribution < -0.4 is 0 Å². The molecule has 0 saturated heterocycles. The number of rotatable bonds is 5. The third-order valence-electron chi connectivity index (χ3n) is 14.5. The van der Waals surface area contributed by atoms with Gasteiger partial charge >= 0.3 is 0 Å². The molecule has 11 aromatic rings. The zero-order chi connectivity index (χ0) is 47.6. The number of para-hydroxylation sites is 2. The zero-order valence-corrected chi connectivity index (χ0v) is 40.3. The summed E-state index contributed by atoms with van der Waals surface area (Å²) in [5.41, 5.74) is 15.8. The summed E-state index contributed by atoms with van der Waals surface area (Å²) in [5, 5.41) is 16.0. The molecule has 0 N–H and O–H groups in total. The summed E-state index contributed by atoms with van der Waals surface area (Å²) in [7, 11) is 0. The van der Waals surface area contributed by atoms with E-state index in [1.54, 1.807) is 0 Å². The zero-order valence-electron chi connectivity index (χ0n) is 40.3. The molecule has 0 bridgehead atoms. The van der Waals surface area contributed by atoms with Crippen molar-refractivity contribution in [3.63, 3.8) is 0 Å². The van der Waals surface area contributed by atoms with Crippen LogP contribution in [0.2, 0.25) is 0 Å². The van der Waals surface area contributed by atoms with Crippen molar-refractivity contribution in [1.29, 1.82) is 5.26 Å². The Morgan fingerprint density at radius 3 is 1.54 bits per heavy atom. The summed E-state index contributed by atoms with van der Waals surface area (Å²) in [4.78, 5) is 16.3. The van der Waals surface area contributed by atoms with Crippen LogP contribution in [-0.2, 0) is 16.2 Å². The molecule has 334 valence electrons. The fourth-order valence-corrected chi connectivity index (χ4v) is 11.0. The highest BCUT2D eigenvalue weighted by Crippen LogP contribution is 2.52. The first-order valence-electron chi connectivity index (χ1n) is 23.9. The standard InChI is InChI=1S/C63H52N6/c1-61(2,3)40-29-31-53-47(34-40)48-35-41(62(4,5)6)30-32-54(48)69(53)56-36-55(68-51-27-16-13-22-43(51)44-23-14-17-28-52(44)68)39(37-64)33-49(56)60-66-58(38-19-10-9-11-20-38)65-59(67-60)46-25-18-24-45-42-21-12-15-26-50(42)63(7,8)57(45)46/h9-36H,1-8H3. The molecular formula is C63H52N6. The molecule has 6 nitrogen and oxygen atoms in total. The predicted octanol–water partition coefficient (Wildman–Crippen LogP) is 15.8. The van der Waals surface area contributed by atoms with Crippen molar-refractivity contribution in [2.24, 2.45) is 0 Å². The average molecular weight is 893 g/mol. The number of hydrogen-bond acceptors (Lipinski definition) is 4. The van der Waals surface area contributed by atoms with E-state index in [2.05, 4.69) is 216 Å². The monoisotopic (exact) mass is 892 g/mol. The summed E-state index contributed by atoms with van der Waals surface area (Å²) >= 11 is 0. The minimum Gasteiger partial charge on any atom is -0.308 e. The minimum absolute atomic E-state index is 0.0732. The Labute approximate surface area is 403 Å². The number of fused-ring (bicyclic) bond motifs is 9. The summed E-state index contributed by atoms with van der Waals surface area (Å²) < 4.78 is 4.63. The molecule has 0 saturated carbocycles. The Morgan fingerprint density at radius 1 is 0.435 bits per heavy atom. The van der Waals surface area contributed by atoms with Gasteiger partial charge in [0.1, 0.15) is 6.07 Å². The van der Waals surface area contributed by atoms with E-state index >= 15 is 0 Å². The lowest BCUT2D eigenvalue weighted by molar-refractivity contribution is 0.590. The fraction of sp³-hybridized carbons (Fsp3) is 0.175. The van der Waals surface area contributed by atoms with Crippen LogP contribution in [0.4, 0.5) is 0 Å². The number of nitrogens with zero attached hydrogens (tertiary/aromatic N) is 6. The molecule has 6 heteroatoms. The molecule has 8 aromatic carbocycles. The first-order chi connectivity index (χ1) is 33.2. The SMILES string of the molecule is CC(C)(C)c1ccc2c(c1)c1cc(C(C)(C)C)ccc1n2-c1cc(-n2c3ccccc3c3ccccc32)c(C#N)cc1-c1nc(-c2ccccc2)nc(-c2cccc3c2C(C)(C)c2ccccc2-3)n1. The molecular weight excluding hydrogens is 841 g/mol. The summed E-state index contributed by atoms with van der Waals surface area (Å²) in [6, 6.07) is 63.0. The normalized spacial score (nSPS) is 13.3. The molecule has 1 aliphatic rings. The molecule has 1 aliphatic carbocycles. The minimum atomic E-state index is -0.313. The van der Waals surface area contributed by atoms with Gasteiger partial charge in [0.2, 0.25) is 0 Å². The van der Waals surface area contributed by atoms with Crippen LogP contribution in [0.15, 0.2) is 170 Å². The number of nitriles is 1. The second-order valence-corrected chi connectivity index (χ2v) is 21.2. The maximum Gasteiger partial charge on any atom is 0.166 e. The van der Waals surface area contributed by atoms with Gasteiger partial charge in [-0.3, -0.25) is 0 Å². The van der Waals surface area contributed by atoms with E-state index < -0.39 is 0 Å². The topological polar surface area (TPSA) is 72.3 Å². The molecule has 0 atom stereocenters. The quantitative estimate of drug-likeness (QED) is 0.173. The second kappa shape index (κ2) is 15.2. The number of hydrogen-bond donors (Lipinski definition) is 0. The van der Waals surface area contributed by atoms with Gasteiger partial charge < -0.3 is 9.13 Å². The van der Waals surface area contributed by atoms with Crippen LogP contribution >= 0.6 is 0 Å². The Hall–Kier alpha value is -8.14. The van der Waals surface area contributed by atoms with Crippen molar-refractivity contribution < 1.29 is 0 Å². The van der Waals surface area contributed by atoms with E-state index in [-0.39, 0.29) is 16.2 Å². The third kappa shape index (κ3) is 6.55. The highest BCUT2D eigenvalue weighted by molar-refractivity contribution is 6.11. The Balaban J connectivity index is 1.22. The van der Waals surface area contributed by atoms with E-state index in [4.69, 9.17) is 15.0 Å². The molecule has 0 aliphatic heterocycles. The molecule has 0 radical (unpaired) electrons. The van der Waals surface area contributed by atoms with E-state index in [0.717, 1.165) is 60.9 Å². The van der Waals surface area contributed by atoms with Crippen LogP contribution in [0.5, 0.6) is 0 Å². The smallest absolute Gasteiger partial charge is 0.166 e. The molecule has 0 amide bonds. The highest BCUT2D eigenvalue weighted by atomic mass is 15.1. The van der Waals surface area contributed by atoms with Gasteiger partial charge in [-0.1, -0.05) is 177 Å². The van der Waals surface area contributed by atoms with Crippen molar-refractivity contribution in [2.75, 3.05) is 0 Å². The van der Waals surface area contributed by atoms with Gasteiger partial charge in [-0.15, -0.1) is 0 Å². The van der Waals surface area contributed by atoms with Crippen LogP contribution in [-0.4, -0.2) is 24.1 Å². The van der Waals surface area contributed by atoms with Crippen molar-refractivity contribution in [1.82, 2.24) is 24.1 Å². The van der Waals surface area contributed by atoms with E-state index in [1.807, 2.05) is 24.3 Å². The third-order valence-corrected chi connectivity index (χ3v) is 14.5. The first-order valence-corrected chi connectivity index (χ1v) is 23.9. The van der Waals surface area contributed by atoms with Gasteiger partial charge in [0, 0.05) is 43.7 Å². The number of aromatic nitrogens is 5. The Bertz CT molecular complexity index is 3830. The Morgan fingerprint density at radius 2 is 0.928 bits per heavy atom. The summed E-state index contributed by atoms with van der Waals surface area (Å²) in [6.45, 7) is 18.2. The fourth-order valence-electron chi connectivity index (χ4n) is 11.0. The van der Waals surface area contributed by atoms with Gasteiger partial charge in [-0.25, -0.2) is 15.0 Å². The Kier molecular flexibility index (Phi) is 9.29. The predicted molar refractivity (Wildman–Crippen MR) is 284 cm³/mol. The molecule has 0 fully saturated rings. The molecule has 3 aromatic heterocycles. The van der Waals surface area contributed by atoms with Crippen molar-refractivity contribution in [3.8, 4) is 62.7 Å². The first kappa shape index (κ1) is 42.2. The van der Waals surface area contributed by atoms with Gasteiger partial charge in [-0.2, -0.15) is 5.26 Å². The lowest BCUT2D eigenvalue weighted by Crippen LogP contribution is -2.17.